The first-order chi connectivity index (χ1) is 23.3. The van der Waals surface area contributed by atoms with Gasteiger partial charge in [0.1, 0.15) is 17.2 Å². The summed E-state index contributed by atoms with van der Waals surface area (Å²) >= 11 is 0. The Labute approximate surface area is 292 Å². The molecule has 4 heteroatoms. The number of carbonyl (C=O) groups excluding carboxylic acids is 1. The summed E-state index contributed by atoms with van der Waals surface area (Å²) in [5, 5.41) is 0. The third kappa shape index (κ3) is 18.3. The molecule has 0 fully saturated rings. The molecule has 0 amide bonds. The number of rotatable bonds is 23. The molecule has 0 saturated carbocycles. The van der Waals surface area contributed by atoms with Crippen molar-refractivity contribution in [2.45, 2.75) is 98.3 Å². The van der Waals surface area contributed by atoms with E-state index in [0.717, 1.165) is 66.2 Å². The van der Waals surface area contributed by atoms with E-state index in [4.69, 9.17) is 14.2 Å². The van der Waals surface area contributed by atoms with Crippen LogP contribution in [0.2, 0.25) is 0 Å². The second-order valence-electron chi connectivity index (χ2n) is 13.1. The number of carbonyl (C=O) groups is 1. The van der Waals surface area contributed by atoms with Gasteiger partial charge in [-0.05, 0) is 72.9 Å². The molecule has 0 aromatic heterocycles. The predicted octanol–water partition coefficient (Wildman–Crippen LogP) is 12.0. The zero-order chi connectivity index (χ0) is 34.8. The van der Waals surface area contributed by atoms with E-state index >= 15 is 0 Å². The molecular weight excluding hydrogens is 592 g/mol. The zero-order valence-electron chi connectivity index (χ0n) is 30.5. The fourth-order valence-corrected chi connectivity index (χ4v) is 5.29. The molecule has 0 atom stereocenters. The van der Waals surface area contributed by atoms with Gasteiger partial charge in [0.05, 0.1) is 14.2 Å². The van der Waals surface area contributed by atoms with Crippen LogP contribution in [0.5, 0.6) is 17.2 Å². The number of unbranched alkanes of at least 4 members (excludes halogenated alkanes) is 5. The van der Waals surface area contributed by atoms with Crippen molar-refractivity contribution in [2.24, 2.45) is 11.8 Å². The molecule has 260 valence electrons. The minimum atomic E-state index is -0.385. The number of aryl methyl sites for hydroxylation is 1. The molecule has 0 heterocycles. The fourth-order valence-electron chi connectivity index (χ4n) is 5.29. The van der Waals surface area contributed by atoms with Crippen LogP contribution in [0.1, 0.15) is 102 Å². The predicted molar refractivity (Wildman–Crippen MR) is 205 cm³/mol. The Kier molecular flexibility index (Phi) is 20.9. The van der Waals surface area contributed by atoms with E-state index in [1.807, 2.05) is 91.1 Å². The van der Waals surface area contributed by atoms with Gasteiger partial charge >= 0.3 is 5.97 Å². The van der Waals surface area contributed by atoms with Crippen LogP contribution in [0.15, 0.2) is 103 Å². The molecule has 0 aliphatic heterocycles. The lowest BCUT2D eigenvalue weighted by Gasteiger charge is -2.16. The van der Waals surface area contributed by atoms with Crippen LogP contribution >= 0.6 is 0 Å². The van der Waals surface area contributed by atoms with Gasteiger partial charge < -0.3 is 14.2 Å². The van der Waals surface area contributed by atoms with Crippen LogP contribution in [0, 0.1) is 11.8 Å². The van der Waals surface area contributed by atoms with E-state index < -0.39 is 0 Å². The Morgan fingerprint density at radius 3 is 1.75 bits per heavy atom. The minimum absolute atomic E-state index is 0.385. The number of hydrogen-bond donors (Lipinski definition) is 0. The van der Waals surface area contributed by atoms with Crippen LogP contribution in [-0.4, -0.2) is 20.2 Å². The first kappa shape index (κ1) is 40.1. The quantitative estimate of drug-likeness (QED) is 0.0394. The summed E-state index contributed by atoms with van der Waals surface area (Å²) < 4.78 is 16.9. The lowest BCUT2D eigenvalue weighted by atomic mass is 9.97. The van der Waals surface area contributed by atoms with Gasteiger partial charge in [-0.3, -0.25) is 0 Å². The van der Waals surface area contributed by atoms with Gasteiger partial charge in [0.25, 0.3) is 0 Å². The van der Waals surface area contributed by atoms with Gasteiger partial charge in [-0.25, -0.2) is 4.79 Å². The van der Waals surface area contributed by atoms with Crippen molar-refractivity contribution in [3.8, 4) is 17.2 Å². The molecule has 0 saturated heterocycles. The molecular formula is C44H60O4. The van der Waals surface area contributed by atoms with E-state index in [1.54, 1.807) is 20.3 Å². The molecule has 2 aromatic carbocycles. The molecule has 2 aromatic rings. The normalized spacial score (nSPS) is 12.4. The van der Waals surface area contributed by atoms with Gasteiger partial charge in [0.2, 0.25) is 0 Å². The lowest BCUT2D eigenvalue weighted by Crippen LogP contribution is -2.08. The number of methoxy groups -OCH3 is 2. The van der Waals surface area contributed by atoms with E-state index in [9.17, 15) is 4.79 Å². The number of hydrogen-bond acceptors (Lipinski definition) is 4. The highest BCUT2D eigenvalue weighted by atomic mass is 16.5. The lowest BCUT2D eigenvalue weighted by molar-refractivity contribution is -0.129. The third-order valence-corrected chi connectivity index (χ3v) is 8.00. The van der Waals surface area contributed by atoms with Crippen molar-refractivity contribution < 1.29 is 19.0 Å². The van der Waals surface area contributed by atoms with Crippen LogP contribution in [-0.2, 0) is 17.6 Å². The van der Waals surface area contributed by atoms with Gasteiger partial charge in [-0.15, -0.1) is 0 Å². The molecule has 0 aliphatic carbocycles. The number of esters is 1. The van der Waals surface area contributed by atoms with Gasteiger partial charge in [-0.2, -0.15) is 0 Å². The monoisotopic (exact) mass is 652 g/mol. The summed E-state index contributed by atoms with van der Waals surface area (Å²) in [6, 6.07) is 12.1. The van der Waals surface area contributed by atoms with Crippen molar-refractivity contribution in [3.63, 3.8) is 0 Å². The van der Waals surface area contributed by atoms with Crippen LogP contribution in [0.3, 0.4) is 0 Å². The first-order valence-electron chi connectivity index (χ1n) is 17.9. The van der Waals surface area contributed by atoms with Crippen LogP contribution in [0.25, 0.3) is 6.08 Å². The second-order valence-corrected chi connectivity index (χ2v) is 13.1. The number of benzene rings is 2. The Balaban J connectivity index is 1.91. The summed E-state index contributed by atoms with van der Waals surface area (Å²) in [4.78, 5) is 12.9. The molecule has 0 bridgehead atoms. The summed E-state index contributed by atoms with van der Waals surface area (Å²) in [6.45, 7) is 9.08. The molecule has 0 aliphatic rings. The third-order valence-electron chi connectivity index (χ3n) is 8.00. The maximum Gasteiger partial charge on any atom is 0.336 e. The van der Waals surface area contributed by atoms with Crippen molar-refractivity contribution in [1.82, 2.24) is 0 Å². The molecule has 0 N–H and O–H groups in total. The second kappa shape index (κ2) is 25.0. The molecule has 0 unspecified atom stereocenters. The molecule has 2 rings (SSSR count). The summed E-state index contributed by atoms with van der Waals surface area (Å²) in [5.74, 6) is 3.36. The maximum absolute atomic E-state index is 12.9. The van der Waals surface area contributed by atoms with Gasteiger partial charge in [0.15, 0.2) is 0 Å². The highest BCUT2D eigenvalue weighted by molar-refractivity contribution is 5.84. The van der Waals surface area contributed by atoms with Crippen molar-refractivity contribution in [2.75, 3.05) is 14.2 Å². The topological polar surface area (TPSA) is 44.8 Å². The standard InChI is InChI=1S/C44H60O4/c1-36(2)24-19-15-13-14-17-21-28-41-42(47-6)34-39(27-23-25-37(3)4)35-43(41)48-44(45)29-22-18-12-10-8-7-9-11-16-20-26-38-30-32-40(46-5)33-31-38/h7-12,16,18,20,22,26,29-37H,13-15,17,19,21,23-25,27-28H2,1-6H3/b9-7+,10-8+,16-11+,18-12+,26-20+,29-22+. The molecule has 48 heavy (non-hydrogen) atoms. The molecule has 4 nitrogen and oxygen atoms in total. The summed E-state index contributed by atoms with van der Waals surface area (Å²) in [7, 11) is 3.38. The Hall–Kier alpha value is -4.05. The average molecular weight is 653 g/mol. The molecule has 0 spiro atoms. The highest BCUT2D eigenvalue weighted by Crippen LogP contribution is 2.33. The van der Waals surface area contributed by atoms with Gasteiger partial charge in [-0.1, -0.05) is 152 Å². The largest absolute Gasteiger partial charge is 0.497 e. The molecule has 0 radical (unpaired) electrons. The van der Waals surface area contributed by atoms with E-state index in [0.29, 0.717) is 11.7 Å². The Bertz CT molecular complexity index is 1350. The zero-order valence-corrected chi connectivity index (χ0v) is 30.5. The Morgan fingerprint density at radius 1 is 0.604 bits per heavy atom. The SMILES string of the molecule is COc1ccc(/C=C/C=C/C=C/C=C/C=C/C=C/C(=O)Oc2cc(CCCC(C)C)cc(OC)c2CCCCCCCCC(C)C)cc1. The van der Waals surface area contributed by atoms with Crippen molar-refractivity contribution in [3.05, 3.63) is 120 Å². The maximum atomic E-state index is 12.9. The fraction of sp³-hybridized carbons (Fsp3) is 0.432. The average Bonchev–Trinajstić information content (AvgIpc) is 3.06. The number of ether oxygens (including phenoxy) is 3. The van der Waals surface area contributed by atoms with E-state index in [-0.39, 0.29) is 5.97 Å². The highest BCUT2D eigenvalue weighted by Gasteiger charge is 2.15. The van der Waals surface area contributed by atoms with Gasteiger partial charge in [0, 0.05) is 11.6 Å². The van der Waals surface area contributed by atoms with Crippen LogP contribution in [0.4, 0.5) is 0 Å². The summed E-state index contributed by atoms with van der Waals surface area (Å²) in [6.07, 6.45) is 35.4. The van der Waals surface area contributed by atoms with E-state index in [1.165, 1.54) is 44.6 Å². The minimum Gasteiger partial charge on any atom is -0.497 e. The van der Waals surface area contributed by atoms with Crippen LogP contribution < -0.4 is 14.2 Å². The van der Waals surface area contributed by atoms with E-state index in [2.05, 4.69) is 33.8 Å². The smallest absolute Gasteiger partial charge is 0.336 e. The summed E-state index contributed by atoms with van der Waals surface area (Å²) in [5.41, 5.74) is 3.25. The Morgan fingerprint density at radius 2 is 1.15 bits per heavy atom. The first-order valence-corrected chi connectivity index (χ1v) is 17.9. The van der Waals surface area contributed by atoms with Crippen molar-refractivity contribution >= 4 is 12.0 Å². The number of allylic oxidation sites excluding steroid dienone is 10. The van der Waals surface area contributed by atoms with Crippen molar-refractivity contribution in [1.29, 1.82) is 0 Å².